The fourth-order valence-electron chi connectivity index (χ4n) is 1.51. The zero-order valence-corrected chi connectivity index (χ0v) is 9.06. The number of ketones is 1. The highest BCUT2D eigenvalue weighted by Gasteiger charge is 2.24. The van der Waals surface area contributed by atoms with Gasteiger partial charge in [-0.2, -0.15) is 0 Å². The third-order valence-electron chi connectivity index (χ3n) is 2.39. The Morgan fingerprint density at radius 3 is 3.00 bits per heavy atom. The normalized spacial score (nSPS) is 20.4. The molecule has 1 aromatic rings. The van der Waals surface area contributed by atoms with Gasteiger partial charge in [0.15, 0.2) is 5.78 Å². The van der Waals surface area contributed by atoms with Crippen molar-refractivity contribution >= 4 is 17.5 Å². The van der Waals surface area contributed by atoms with E-state index in [-0.39, 0.29) is 11.7 Å². The fraction of sp³-hybridized carbons (Fsp3) is 0.364. The summed E-state index contributed by atoms with van der Waals surface area (Å²) in [5, 5.41) is 0. The maximum Gasteiger partial charge on any atom is 0.167 e. The van der Waals surface area contributed by atoms with Crippen LogP contribution in [0.4, 0.5) is 0 Å². The Morgan fingerprint density at radius 2 is 2.29 bits per heavy atom. The molecule has 0 aromatic heterocycles. The van der Waals surface area contributed by atoms with Crippen LogP contribution < -0.4 is 4.74 Å². The summed E-state index contributed by atoms with van der Waals surface area (Å²) in [4.78, 5) is 12.9. The Balaban J connectivity index is 2.46. The van der Waals surface area contributed by atoms with Crippen molar-refractivity contribution in [2.45, 2.75) is 11.8 Å². The Kier molecular flexibility index (Phi) is 2.50. The van der Waals surface area contributed by atoms with Crippen LogP contribution in [0.25, 0.3) is 0 Å². The van der Waals surface area contributed by atoms with E-state index >= 15 is 0 Å². The molecule has 1 unspecified atom stereocenters. The van der Waals surface area contributed by atoms with Crippen LogP contribution in [0, 0.1) is 5.92 Å². The molecule has 2 rings (SSSR count). The maximum absolute atomic E-state index is 11.8. The summed E-state index contributed by atoms with van der Waals surface area (Å²) >= 11 is 1.74. The quantitative estimate of drug-likeness (QED) is 0.709. The van der Waals surface area contributed by atoms with E-state index in [9.17, 15) is 4.79 Å². The molecular formula is C11H12O2S. The molecule has 1 aliphatic heterocycles. The van der Waals surface area contributed by atoms with Crippen molar-refractivity contribution in [3.63, 3.8) is 0 Å². The van der Waals surface area contributed by atoms with Crippen LogP contribution in [0.15, 0.2) is 23.1 Å². The van der Waals surface area contributed by atoms with Gasteiger partial charge in [0, 0.05) is 22.1 Å². The number of methoxy groups -OCH3 is 1. The number of fused-ring (bicyclic) bond motifs is 1. The van der Waals surface area contributed by atoms with Crippen LogP contribution in [0.1, 0.15) is 17.3 Å². The van der Waals surface area contributed by atoms with Gasteiger partial charge >= 0.3 is 0 Å². The number of Topliss-reactive ketones (excluding diaryl/α,β-unsaturated/α-hetero) is 1. The molecule has 0 amide bonds. The van der Waals surface area contributed by atoms with Gasteiger partial charge in [0.1, 0.15) is 5.75 Å². The van der Waals surface area contributed by atoms with E-state index in [1.807, 2.05) is 25.1 Å². The smallest absolute Gasteiger partial charge is 0.167 e. The average molecular weight is 208 g/mol. The summed E-state index contributed by atoms with van der Waals surface area (Å²) in [6.45, 7) is 1.97. The molecule has 0 radical (unpaired) electrons. The zero-order valence-electron chi connectivity index (χ0n) is 8.24. The molecule has 0 N–H and O–H groups in total. The molecule has 0 fully saturated rings. The minimum Gasteiger partial charge on any atom is -0.497 e. The molecule has 1 aromatic carbocycles. The van der Waals surface area contributed by atoms with Crippen molar-refractivity contribution in [2.24, 2.45) is 5.92 Å². The van der Waals surface area contributed by atoms with E-state index in [1.54, 1.807) is 18.9 Å². The topological polar surface area (TPSA) is 26.3 Å². The summed E-state index contributed by atoms with van der Waals surface area (Å²) in [6, 6.07) is 5.69. The average Bonchev–Trinajstić information content (AvgIpc) is 2.23. The molecule has 0 saturated carbocycles. The number of thioether (sulfide) groups is 1. The van der Waals surface area contributed by atoms with Crippen LogP contribution in [0.3, 0.4) is 0 Å². The van der Waals surface area contributed by atoms with E-state index in [1.165, 1.54) is 0 Å². The van der Waals surface area contributed by atoms with Crippen molar-refractivity contribution < 1.29 is 9.53 Å². The SMILES string of the molecule is COc1ccc2c(c1)C(=O)C(C)CS2. The Labute approximate surface area is 87.6 Å². The monoisotopic (exact) mass is 208 g/mol. The van der Waals surface area contributed by atoms with E-state index < -0.39 is 0 Å². The van der Waals surface area contributed by atoms with Gasteiger partial charge in [-0.15, -0.1) is 11.8 Å². The van der Waals surface area contributed by atoms with Gasteiger partial charge in [-0.3, -0.25) is 4.79 Å². The van der Waals surface area contributed by atoms with Crippen molar-refractivity contribution in [1.82, 2.24) is 0 Å². The van der Waals surface area contributed by atoms with Gasteiger partial charge < -0.3 is 4.74 Å². The molecular weight excluding hydrogens is 196 g/mol. The third-order valence-corrected chi connectivity index (χ3v) is 3.72. The van der Waals surface area contributed by atoms with Crippen LogP contribution in [0.5, 0.6) is 5.75 Å². The highest BCUT2D eigenvalue weighted by atomic mass is 32.2. The molecule has 1 atom stereocenters. The first-order chi connectivity index (χ1) is 6.72. The molecule has 0 spiro atoms. The van der Waals surface area contributed by atoms with Crippen molar-refractivity contribution in [3.05, 3.63) is 23.8 Å². The molecule has 1 heterocycles. The lowest BCUT2D eigenvalue weighted by molar-refractivity contribution is 0.0936. The highest BCUT2D eigenvalue weighted by molar-refractivity contribution is 7.99. The van der Waals surface area contributed by atoms with Gasteiger partial charge in [-0.1, -0.05) is 6.92 Å². The number of benzene rings is 1. The molecule has 3 heteroatoms. The molecule has 0 bridgehead atoms. The number of hydrogen-bond donors (Lipinski definition) is 0. The largest absolute Gasteiger partial charge is 0.497 e. The molecule has 14 heavy (non-hydrogen) atoms. The van der Waals surface area contributed by atoms with Crippen molar-refractivity contribution in [3.8, 4) is 5.75 Å². The predicted octanol–water partition coefficient (Wildman–Crippen LogP) is 2.62. The Bertz CT molecular complexity index is 374. The van der Waals surface area contributed by atoms with E-state index in [2.05, 4.69) is 0 Å². The van der Waals surface area contributed by atoms with E-state index in [0.717, 1.165) is 22.0 Å². The molecule has 0 aliphatic carbocycles. The zero-order chi connectivity index (χ0) is 10.1. The van der Waals surface area contributed by atoms with E-state index in [4.69, 9.17) is 4.74 Å². The van der Waals surface area contributed by atoms with Crippen molar-refractivity contribution in [2.75, 3.05) is 12.9 Å². The Morgan fingerprint density at radius 1 is 1.50 bits per heavy atom. The summed E-state index contributed by atoms with van der Waals surface area (Å²) in [7, 11) is 1.62. The fourth-order valence-corrected chi connectivity index (χ4v) is 2.57. The summed E-state index contributed by atoms with van der Waals surface area (Å²) in [6.07, 6.45) is 0. The first-order valence-corrected chi connectivity index (χ1v) is 5.56. The summed E-state index contributed by atoms with van der Waals surface area (Å²) in [5.74, 6) is 2.00. The number of carbonyl (C=O) groups excluding carboxylic acids is 1. The van der Waals surface area contributed by atoms with Gasteiger partial charge in [0.25, 0.3) is 0 Å². The lowest BCUT2D eigenvalue weighted by atomic mass is 10.0. The summed E-state index contributed by atoms with van der Waals surface area (Å²) in [5.41, 5.74) is 0.813. The standard InChI is InChI=1S/C11H12O2S/c1-7-6-14-10-4-3-8(13-2)5-9(10)11(7)12/h3-5,7H,6H2,1-2H3. The van der Waals surface area contributed by atoms with E-state index in [0.29, 0.717) is 0 Å². The number of hydrogen-bond acceptors (Lipinski definition) is 3. The lowest BCUT2D eigenvalue weighted by Gasteiger charge is -2.19. The first-order valence-electron chi connectivity index (χ1n) is 4.57. The number of rotatable bonds is 1. The van der Waals surface area contributed by atoms with Gasteiger partial charge in [-0.05, 0) is 18.2 Å². The number of ether oxygens (including phenoxy) is 1. The van der Waals surface area contributed by atoms with Gasteiger partial charge in [0.2, 0.25) is 0 Å². The second-order valence-electron chi connectivity index (χ2n) is 3.44. The van der Waals surface area contributed by atoms with Crippen LogP contribution in [0.2, 0.25) is 0 Å². The second-order valence-corrected chi connectivity index (χ2v) is 4.50. The van der Waals surface area contributed by atoms with Crippen molar-refractivity contribution in [1.29, 1.82) is 0 Å². The predicted molar refractivity (Wildman–Crippen MR) is 57.2 cm³/mol. The lowest BCUT2D eigenvalue weighted by Crippen LogP contribution is -2.19. The Hall–Kier alpha value is -0.960. The minimum atomic E-state index is 0.125. The molecule has 74 valence electrons. The van der Waals surface area contributed by atoms with Gasteiger partial charge in [-0.25, -0.2) is 0 Å². The van der Waals surface area contributed by atoms with Gasteiger partial charge in [0.05, 0.1) is 7.11 Å². The van der Waals surface area contributed by atoms with Crippen LogP contribution in [-0.2, 0) is 0 Å². The number of carbonyl (C=O) groups is 1. The third kappa shape index (κ3) is 1.52. The second kappa shape index (κ2) is 3.65. The highest BCUT2D eigenvalue weighted by Crippen LogP contribution is 2.34. The summed E-state index contributed by atoms with van der Waals surface area (Å²) < 4.78 is 5.10. The molecule has 0 saturated heterocycles. The molecule has 2 nitrogen and oxygen atoms in total. The minimum absolute atomic E-state index is 0.125. The van der Waals surface area contributed by atoms with Crippen LogP contribution in [-0.4, -0.2) is 18.6 Å². The maximum atomic E-state index is 11.8. The first kappa shape index (κ1) is 9.59. The molecule has 1 aliphatic rings. The van der Waals surface area contributed by atoms with Crippen LogP contribution >= 0.6 is 11.8 Å².